The second-order valence-electron chi connectivity index (χ2n) is 5.36. The van der Waals surface area contributed by atoms with E-state index < -0.39 is 0 Å². The lowest BCUT2D eigenvalue weighted by molar-refractivity contribution is 0.114. The molecule has 0 bridgehead atoms. The zero-order valence-corrected chi connectivity index (χ0v) is 16.1. The molecule has 3 N–H and O–H groups in total. The molecular formula is C16H28IN5O. The number of hydrogen-bond acceptors (Lipinski definition) is 4. The summed E-state index contributed by atoms with van der Waals surface area (Å²) in [7, 11) is 1.80. The van der Waals surface area contributed by atoms with Gasteiger partial charge in [0.2, 0.25) is 0 Å². The number of aromatic nitrogens is 1. The zero-order chi connectivity index (χ0) is 15.5. The van der Waals surface area contributed by atoms with E-state index in [4.69, 9.17) is 4.74 Å². The van der Waals surface area contributed by atoms with E-state index in [9.17, 15) is 0 Å². The first kappa shape index (κ1) is 20.0. The van der Waals surface area contributed by atoms with Gasteiger partial charge in [-0.05, 0) is 37.8 Å². The molecule has 1 aliphatic heterocycles. The predicted octanol–water partition coefficient (Wildman–Crippen LogP) is 2.24. The van der Waals surface area contributed by atoms with Crippen molar-refractivity contribution in [1.29, 1.82) is 0 Å². The third-order valence-electron chi connectivity index (χ3n) is 3.61. The number of hydrogen-bond donors (Lipinski definition) is 3. The average Bonchev–Trinajstić information content (AvgIpc) is 3.08. The van der Waals surface area contributed by atoms with E-state index in [1.807, 2.05) is 18.2 Å². The molecule has 130 valence electrons. The van der Waals surface area contributed by atoms with E-state index in [1.54, 1.807) is 13.2 Å². The van der Waals surface area contributed by atoms with Crippen molar-refractivity contribution in [3.05, 3.63) is 24.4 Å². The van der Waals surface area contributed by atoms with E-state index in [0.29, 0.717) is 6.10 Å². The Hall–Kier alpha value is -1.09. The maximum atomic E-state index is 5.59. The topological polar surface area (TPSA) is 70.6 Å². The molecule has 2 heterocycles. The van der Waals surface area contributed by atoms with Gasteiger partial charge in [0.15, 0.2) is 5.96 Å². The van der Waals surface area contributed by atoms with Crippen LogP contribution in [0.4, 0.5) is 5.82 Å². The molecule has 1 aliphatic rings. The molecule has 1 aromatic rings. The van der Waals surface area contributed by atoms with E-state index >= 15 is 0 Å². The van der Waals surface area contributed by atoms with Crippen molar-refractivity contribution in [2.75, 3.05) is 38.6 Å². The Bertz CT molecular complexity index is 437. The lowest BCUT2D eigenvalue weighted by atomic mass is 10.2. The second kappa shape index (κ2) is 12.3. The van der Waals surface area contributed by atoms with Gasteiger partial charge >= 0.3 is 0 Å². The van der Waals surface area contributed by atoms with Crippen LogP contribution in [0.15, 0.2) is 29.4 Å². The predicted molar refractivity (Wildman–Crippen MR) is 106 cm³/mol. The highest BCUT2D eigenvalue weighted by Crippen LogP contribution is 2.10. The molecule has 0 radical (unpaired) electrons. The number of unbranched alkanes of at least 4 members (excludes halogenated alkanes) is 1. The van der Waals surface area contributed by atoms with Gasteiger partial charge in [0, 0.05) is 39.5 Å². The summed E-state index contributed by atoms with van der Waals surface area (Å²) in [4.78, 5) is 8.46. The van der Waals surface area contributed by atoms with Gasteiger partial charge in [0.25, 0.3) is 0 Å². The van der Waals surface area contributed by atoms with Crippen LogP contribution in [-0.2, 0) is 4.74 Å². The van der Waals surface area contributed by atoms with Crippen molar-refractivity contribution in [1.82, 2.24) is 15.6 Å². The Morgan fingerprint density at radius 1 is 1.30 bits per heavy atom. The molecule has 6 nitrogen and oxygen atoms in total. The lowest BCUT2D eigenvalue weighted by Crippen LogP contribution is -2.41. The van der Waals surface area contributed by atoms with Gasteiger partial charge in [-0.1, -0.05) is 6.07 Å². The lowest BCUT2D eigenvalue weighted by Gasteiger charge is -2.15. The summed E-state index contributed by atoms with van der Waals surface area (Å²) < 4.78 is 5.59. The Labute approximate surface area is 155 Å². The van der Waals surface area contributed by atoms with E-state index in [2.05, 4.69) is 25.9 Å². The summed E-state index contributed by atoms with van der Waals surface area (Å²) in [5, 5.41) is 9.96. The van der Waals surface area contributed by atoms with Gasteiger partial charge in [0.05, 0.1) is 6.10 Å². The van der Waals surface area contributed by atoms with Crippen molar-refractivity contribution >= 4 is 35.8 Å². The molecule has 0 saturated carbocycles. The van der Waals surface area contributed by atoms with E-state index in [1.165, 1.54) is 6.42 Å². The van der Waals surface area contributed by atoms with Gasteiger partial charge in [-0.3, -0.25) is 4.99 Å². The number of nitrogens with zero attached hydrogens (tertiary/aromatic N) is 2. The zero-order valence-electron chi connectivity index (χ0n) is 13.8. The maximum Gasteiger partial charge on any atom is 0.191 e. The number of ether oxygens (including phenoxy) is 1. The van der Waals surface area contributed by atoms with Crippen LogP contribution in [0.3, 0.4) is 0 Å². The van der Waals surface area contributed by atoms with E-state index in [-0.39, 0.29) is 24.0 Å². The van der Waals surface area contributed by atoms with Crippen molar-refractivity contribution in [3.8, 4) is 0 Å². The highest BCUT2D eigenvalue weighted by Gasteiger charge is 2.15. The molecule has 7 heteroatoms. The van der Waals surface area contributed by atoms with E-state index in [0.717, 1.165) is 57.3 Å². The quantitative estimate of drug-likeness (QED) is 0.254. The molecule has 0 amide bonds. The summed E-state index contributed by atoms with van der Waals surface area (Å²) in [5.74, 6) is 1.79. The molecule has 0 aliphatic carbocycles. The molecule has 0 spiro atoms. The number of pyridine rings is 1. The molecule has 0 aromatic carbocycles. The minimum atomic E-state index is 0. The SMILES string of the molecule is CN=C(NCCCCNc1ccccn1)NCC1CCCO1.I. The second-order valence-corrected chi connectivity index (χ2v) is 5.36. The molecule has 23 heavy (non-hydrogen) atoms. The van der Waals surface area contributed by atoms with Crippen LogP contribution in [0.1, 0.15) is 25.7 Å². The minimum Gasteiger partial charge on any atom is -0.376 e. The Morgan fingerprint density at radius 2 is 2.17 bits per heavy atom. The Balaban J connectivity index is 0.00000264. The first-order valence-corrected chi connectivity index (χ1v) is 8.09. The largest absolute Gasteiger partial charge is 0.376 e. The fourth-order valence-electron chi connectivity index (χ4n) is 2.38. The standard InChI is InChI=1S/C16H27N5O.HI/c1-17-16(21-13-14-7-6-12-22-14)20-11-5-4-10-19-15-8-2-3-9-18-15;/h2-3,8-9,14H,4-7,10-13H2,1H3,(H,18,19)(H2,17,20,21);1H. The van der Waals surface area contributed by atoms with Gasteiger partial charge in [0.1, 0.15) is 5.82 Å². The third-order valence-corrected chi connectivity index (χ3v) is 3.61. The Morgan fingerprint density at radius 3 is 2.87 bits per heavy atom. The fourth-order valence-corrected chi connectivity index (χ4v) is 2.38. The van der Waals surface area contributed by atoms with Crippen molar-refractivity contribution in [2.24, 2.45) is 4.99 Å². The van der Waals surface area contributed by atoms with Crippen molar-refractivity contribution in [2.45, 2.75) is 31.8 Å². The summed E-state index contributed by atoms with van der Waals surface area (Å²) >= 11 is 0. The smallest absolute Gasteiger partial charge is 0.191 e. The fraction of sp³-hybridized carbons (Fsp3) is 0.625. The Kier molecular flexibility index (Phi) is 10.7. The molecule has 1 unspecified atom stereocenters. The summed E-state index contributed by atoms with van der Waals surface area (Å²) in [5.41, 5.74) is 0. The van der Waals surface area contributed by atoms with Gasteiger partial charge in [-0.15, -0.1) is 24.0 Å². The van der Waals surface area contributed by atoms with Gasteiger partial charge in [-0.25, -0.2) is 4.98 Å². The monoisotopic (exact) mass is 433 g/mol. The van der Waals surface area contributed by atoms with Crippen LogP contribution in [-0.4, -0.2) is 50.3 Å². The summed E-state index contributed by atoms with van der Waals surface area (Å²) in [6.07, 6.45) is 6.62. The van der Waals surface area contributed by atoms with Crippen LogP contribution >= 0.6 is 24.0 Å². The molecule has 1 atom stereocenters. The number of halogens is 1. The normalized spacial score (nSPS) is 17.4. The number of anilines is 1. The summed E-state index contributed by atoms with van der Waals surface area (Å²) in [6, 6.07) is 5.89. The highest BCUT2D eigenvalue weighted by molar-refractivity contribution is 14.0. The van der Waals surface area contributed by atoms with Crippen LogP contribution in [0, 0.1) is 0 Å². The first-order valence-electron chi connectivity index (χ1n) is 8.09. The van der Waals surface area contributed by atoms with Crippen LogP contribution in [0.5, 0.6) is 0 Å². The minimum absolute atomic E-state index is 0. The van der Waals surface area contributed by atoms with Gasteiger partial charge < -0.3 is 20.7 Å². The van der Waals surface area contributed by atoms with Crippen LogP contribution in [0.2, 0.25) is 0 Å². The summed E-state index contributed by atoms with van der Waals surface area (Å²) in [6.45, 7) is 3.57. The molecule has 2 rings (SSSR count). The number of guanidine groups is 1. The van der Waals surface area contributed by atoms with Crippen molar-refractivity contribution < 1.29 is 4.74 Å². The molecular weight excluding hydrogens is 405 g/mol. The average molecular weight is 433 g/mol. The molecule has 1 aromatic heterocycles. The molecule has 1 fully saturated rings. The maximum absolute atomic E-state index is 5.59. The first-order chi connectivity index (χ1) is 10.9. The molecule has 1 saturated heterocycles. The van der Waals surface area contributed by atoms with Crippen LogP contribution < -0.4 is 16.0 Å². The van der Waals surface area contributed by atoms with Crippen LogP contribution in [0.25, 0.3) is 0 Å². The van der Waals surface area contributed by atoms with Gasteiger partial charge in [-0.2, -0.15) is 0 Å². The number of aliphatic imine (C=N–C) groups is 1. The number of nitrogens with one attached hydrogen (secondary N) is 3. The third kappa shape index (κ3) is 8.36. The number of rotatable bonds is 8. The van der Waals surface area contributed by atoms with Crippen molar-refractivity contribution in [3.63, 3.8) is 0 Å². The highest BCUT2D eigenvalue weighted by atomic mass is 127.